The number of likely N-dealkylation sites (tertiary alicyclic amines) is 1. The molecule has 1 fully saturated rings. The number of hydrogen-bond acceptors (Lipinski definition) is 8. The maximum absolute atomic E-state index is 13.6. The molecule has 0 saturated carbocycles. The largest absolute Gasteiger partial charge is 0.488 e. The second kappa shape index (κ2) is 7.26. The lowest BCUT2D eigenvalue weighted by molar-refractivity contribution is -0.281. The number of aromatic nitrogens is 2. The smallest absolute Gasteiger partial charge is 0.416 e. The topological polar surface area (TPSA) is 131 Å². The molecule has 0 radical (unpaired) electrons. The zero-order chi connectivity index (χ0) is 24.7. The number of alkyl halides is 3. The summed E-state index contributed by atoms with van der Waals surface area (Å²) in [5.74, 6) is -3.11. The van der Waals surface area contributed by atoms with Gasteiger partial charge >= 0.3 is 6.18 Å². The van der Waals surface area contributed by atoms with Crippen molar-refractivity contribution in [3.8, 4) is 5.75 Å². The lowest BCUT2D eigenvalue weighted by atomic mass is 9.91. The summed E-state index contributed by atoms with van der Waals surface area (Å²) in [5.41, 5.74) is 7.20. The van der Waals surface area contributed by atoms with Gasteiger partial charge in [0.2, 0.25) is 5.91 Å². The Morgan fingerprint density at radius 2 is 1.97 bits per heavy atom. The molecule has 0 spiro atoms. The normalized spacial score (nSPS) is 22.5. The molecule has 4 N–H and O–H groups in total. The van der Waals surface area contributed by atoms with E-state index in [0.29, 0.717) is 16.7 Å². The molecule has 2 atom stereocenters. The average Bonchev–Trinajstić information content (AvgIpc) is 3.43. The van der Waals surface area contributed by atoms with Crippen LogP contribution in [0.1, 0.15) is 51.6 Å². The van der Waals surface area contributed by atoms with Crippen molar-refractivity contribution in [1.82, 2.24) is 14.9 Å². The van der Waals surface area contributed by atoms with Crippen LogP contribution in [0.4, 0.5) is 19.0 Å². The minimum atomic E-state index is -4.57. The quantitative estimate of drug-likeness (QED) is 0.446. The Bertz CT molecular complexity index is 1390. The number of hydrogen-bond donors (Lipinski definition) is 3. The molecule has 6 rings (SSSR count). The lowest BCUT2D eigenvalue weighted by Crippen LogP contribution is -2.59. The first-order valence-electron chi connectivity index (χ1n) is 10.9. The van der Waals surface area contributed by atoms with Crippen LogP contribution in [0.3, 0.4) is 0 Å². The van der Waals surface area contributed by atoms with Crippen LogP contribution in [0.15, 0.2) is 30.5 Å². The predicted molar refractivity (Wildman–Crippen MR) is 114 cm³/mol. The summed E-state index contributed by atoms with van der Waals surface area (Å²) in [6.45, 7) is 0.563. The highest BCUT2D eigenvalue weighted by Gasteiger charge is 2.53. The predicted octanol–water partition coefficient (Wildman–Crippen LogP) is 2.64. The number of anilines is 1. The van der Waals surface area contributed by atoms with Crippen molar-refractivity contribution in [3.05, 3.63) is 58.4 Å². The number of piperidine rings is 1. The fourth-order valence-electron chi connectivity index (χ4n) is 5.09. The van der Waals surface area contributed by atoms with E-state index in [1.807, 2.05) is 0 Å². The summed E-state index contributed by atoms with van der Waals surface area (Å²) in [4.78, 5) is 22.9. The number of nitrogens with zero attached hydrogens (tertiary/aromatic N) is 3. The number of benzene rings is 1. The molecule has 5 heterocycles. The molecule has 1 aromatic carbocycles. The van der Waals surface area contributed by atoms with Gasteiger partial charge in [0.1, 0.15) is 29.4 Å². The van der Waals surface area contributed by atoms with E-state index >= 15 is 0 Å². The van der Waals surface area contributed by atoms with Gasteiger partial charge in [-0.05, 0) is 30.2 Å². The summed E-state index contributed by atoms with van der Waals surface area (Å²) in [5, 5.41) is 22.1. The zero-order valence-corrected chi connectivity index (χ0v) is 18.0. The second-order valence-corrected chi connectivity index (χ2v) is 8.87. The molecular weight excluding hydrogens is 469 g/mol. The Labute approximate surface area is 195 Å². The van der Waals surface area contributed by atoms with Crippen LogP contribution < -0.4 is 10.5 Å². The first-order chi connectivity index (χ1) is 16.5. The van der Waals surface area contributed by atoms with Crippen molar-refractivity contribution in [2.45, 2.75) is 50.3 Å². The Hall–Kier alpha value is -3.48. The molecular formula is C23H19F3N4O5. The number of pyridine rings is 2. The van der Waals surface area contributed by atoms with Gasteiger partial charge in [-0.25, -0.2) is 9.97 Å². The third kappa shape index (κ3) is 3.32. The number of fused-ring (bicyclic) bond motifs is 6. The van der Waals surface area contributed by atoms with E-state index in [2.05, 4.69) is 9.97 Å². The molecule has 3 aliphatic rings. The minimum Gasteiger partial charge on any atom is -0.488 e. The summed E-state index contributed by atoms with van der Waals surface area (Å²) in [6.07, 6.45) is -4.09. The van der Waals surface area contributed by atoms with Gasteiger partial charge in [-0.1, -0.05) is 6.07 Å². The minimum absolute atomic E-state index is 0.0496. The van der Waals surface area contributed by atoms with E-state index in [1.54, 1.807) is 0 Å². The van der Waals surface area contributed by atoms with Crippen LogP contribution >= 0.6 is 0 Å². The van der Waals surface area contributed by atoms with Crippen LogP contribution in [-0.4, -0.2) is 43.0 Å². The molecule has 2 aromatic heterocycles. The van der Waals surface area contributed by atoms with Gasteiger partial charge < -0.3 is 25.4 Å². The molecule has 3 aromatic rings. The van der Waals surface area contributed by atoms with Crippen LogP contribution in [0.5, 0.6) is 5.75 Å². The average molecular weight is 488 g/mol. The highest BCUT2D eigenvalue weighted by Crippen LogP contribution is 2.49. The highest BCUT2D eigenvalue weighted by molar-refractivity contribution is 5.97. The van der Waals surface area contributed by atoms with Crippen molar-refractivity contribution in [2.75, 3.05) is 5.73 Å². The van der Waals surface area contributed by atoms with E-state index in [-0.39, 0.29) is 43.1 Å². The third-order valence-corrected chi connectivity index (χ3v) is 6.77. The summed E-state index contributed by atoms with van der Waals surface area (Å²) >= 11 is 0. The van der Waals surface area contributed by atoms with Crippen LogP contribution in [-0.2, 0) is 24.1 Å². The van der Waals surface area contributed by atoms with E-state index in [1.165, 1.54) is 18.3 Å². The molecule has 182 valence electrons. The zero-order valence-electron chi connectivity index (χ0n) is 18.0. The number of carbonyl (C=O) groups excluding carboxylic acids is 1. The second-order valence-electron chi connectivity index (χ2n) is 8.87. The van der Waals surface area contributed by atoms with Crippen LogP contribution in [0, 0.1) is 0 Å². The van der Waals surface area contributed by atoms with Crippen molar-refractivity contribution < 1.29 is 37.7 Å². The number of amides is 1. The van der Waals surface area contributed by atoms with Crippen molar-refractivity contribution in [2.24, 2.45) is 0 Å². The van der Waals surface area contributed by atoms with Gasteiger partial charge in [0.05, 0.1) is 30.5 Å². The standard InChI is InChI=1S/C23H19F3N4O5/c24-23(25,26)10-1-2-11-18(5-10)35-17-3-4-22(32,33)30(19(11)17)21(31)15-6-12-13-8-34-9-14(13)20(27)29-16(12)7-28-15/h1-2,5-7,17,19,32-33H,3-4,8-9H2,(H2,27,29). The van der Waals surface area contributed by atoms with Gasteiger partial charge in [-0.15, -0.1) is 0 Å². The van der Waals surface area contributed by atoms with Gasteiger partial charge in [0.15, 0.2) is 0 Å². The van der Waals surface area contributed by atoms with E-state index in [4.69, 9.17) is 15.2 Å². The lowest BCUT2D eigenvalue weighted by Gasteiger charge is -2.44. The Kier molecular flexibility index (Phi) is 4.57. The molecule has 1 saturated heterocycles. The van der Waals surface area contributed by atoms with Gasteiger partial charge in [0.25, 0.3) is 5.91 Å². The maximum atomic E-state index is 13.6. The number of nitrogen functional groups attached to an aromatic ring is 1. The number of rotatable bonds is 1. The van der Waals surface area contributed by atoms with Crippen LogP contribution in [0.25, 0.3) is 10.9 Å². The fourth-order valence-corrected chi connectivity index (χ4v) is 5.09. The summed E-state index contributed by atoms with van der Waals surface area (Å²) < 4.78 is 50.8. The molecule has 9 nitrogen and oxygen atoms in total. The Morgan fingerprint density at radius 1 is 1.20 bits per heavy atom. The van der Waals surface area contributed by atoms with E-state index in [0.717, 1.165) is 28.2 Å². The van der Waals surface area contributed by atoms with E-state index < -0.39 is 35.7 Å². The Morgan fingerprint density at radius 3 is 2.74 bits per heavy atom. The first-order valence-corrected chi connectivity index (χ1v) is 10.9. The number of aliphatic hydroxyl groups is 2. The van der Waals surface area contributed by atoms with Crippen molar-refractivity contribution >= 4 is 22.6 Å². The Balaban J connectivity index is 1.43. The molecule has 1 amide bonds. The fraction of sp³-hybridized carbons (Fsp3) is 0.348. The molecule has 35 heavy (non-hydrogen) atoms. The number of nitrogens with two attached hydrogens (primary N) is 1. The molecule has 2 unspecified atom stereocenters. The number of halogens is 3. The summed E-state index contributed by atoms with van der Waals surface area (Å²) in [6, 6.07) is 3.42. The SMILES string of the molecule is Nc1nc2cnc(C(=O)N3C4c5ccc(C(F)(F)F)cc5OC4CCC3(O)O)cc2c2c1COC2. The van der Waals surface area contributed by atoms with E-state index in [9.17, 15) is 28.2 Å². The van der Waals surface area contributed by atoms with Crippen molar-refractivity contribution in [1.29, 1.82) is 0 Å². The monoisotopic (exact) mass is 488 g/mol. The highest BCUT2D eigenvalue weighted by atomic mass is 19.4. The van der Waals surface area contributed by atoms with Gasteiger partial charge in [-0.3, -0.25) is 9.69 Å². The molecule has 0 bridgehead atoms. The summed E-state index contributed by atoms with van der Waals surface area (Å²) in [7, 11) is 0. The van der Waals surface area contributed by atoms with Crippen molar-refractivity contribution in [3.63, 3.8) is 0 Å². The van der Waals surface area contributed by atoms with Crippen LogP contribution in [0.2, 0.25) is 0 Å². The molecule has 0 aliphatic carbocycles. The number of ether oxygens (including phenoxy) is 2. The maximum Gasteiger partial charge on any atom is 0.416 e. The molecule has 12 heteroatoms. The molecule has 3 aliphatic heterocycles. The number of carbonyl (C=O) groups is 1. The van der Waals surface area contributed by atoms with Gasteiger partial charge in [0, 0.05) is 22.9 Å². The first kappa shape index (κ1) is 22.0. The van der Waals surface area contributed by atoms with Gasteiger partial charge in [-0.2, -0.15) is 13.2 Å². The third-order valence-electron chi connectivity index (χ3n) is 6.77.